The molecule has 11 heteroatoms. The van der Waals surface area contributed by atoms with Crippen molar-refractivity contribution in [1.29, 1.82) is 0 Å². The summed E-state index contributed by atoms with van der Waals surface area (Å²) in [6, 6.07) is 4.66. The van der Waals surface area contributed by atoms with Crippen molar-refractivity contribution in [3.8, 4) is 0 Å². The SMILES string of the molecule is CCCS(=O)(=O)C(C)C(=O)Nc1nc2ccc(S(=O)(=O)N3CCCC3)cc2s1. The van der Waals surface area contributed by atoms with Gasteiger partial charge in [0.15, 0.2) is 15.0 Å². The van der Waals surface area contributed by atoms with Crippen molar-refractivity contribution in [3.05, 3.63) is 18.2 Å². The van der Waals surface area contributed by atoms with Crippen LogP contribution in [0.5, 0.6) is 0 Å². The number of amides is 1. The maximum atomic E-state index is 12.7. The van der Waals surface area contributed by atoms with Gasteiger partial charge in [-0.1, -0.05) is 18.3 Å². The second-order valence-electron chi connectivity index (χ2n) is 6.76. The molecule has 1 fully saturated rings. The van der Waals surface area contributed by atoms with Crippen molar-refractivity contribution in [2.45, 2.75) is 43.3 Å². The molecule has 8 nitrogen and oxygen atoms in total. The molecule has 1 unspecified atom stereocenters. The number of anilines is 1. The van der Waals surface area contributed by atoms with E-state index >= 15 is 0 Å². The third-order valence-electron chi connectivity index (χ3n) is 4.69. The zero-order valence-electron chi connectivity index (χ0n) is 15.7. The lowest BCUT2D eigenvalue weighted by Gasteiger charge is -2.15. The van der Waals surface area contributed by atoms with Gasteiger partial charge >= 0.3 is 0 Å². The van der Waals surface area contributed by atoms with Crippen molar-refractivity contribution in [1.82, 2.24) is 9.29 Å². The third-order valence-corrected chi connectivity index (χ3v) is 9.79. The Labute approximate surface area is 168 Å². The zero-order chi connectivity index (χ0) is 20.5. The van der Waals surface area contributed by atoms with E-state index in [1.54, 1.807) is 19.1 Å². The lowest BCUT2D eigenvalue weighted by atomic mass is 10.3. The van der Waals surface area contributed by atoms with Gasteiger partial charge in [0.05, 0.1) is 20.9 Å². The van der Waals surface area contributed by atoms with Crippen molar-refractivity contribution in [2.75, 3.05) is 24.2 Å². The number of carbonyl (C=O) groups excluding carboxylic acids is 1. The number of nitrogens with zero attached hydrogens (tertiary/aromatic N) is 2. The van der Waals surface area contributed by atoms with Crippen LogP contribution in [-0.2, 0) is 24.7 Å². The maximum absolute atomic E-state index is 12.7. The summed E-state index contributed by atoms with van der Waals surface area (Å²) in [5.74, 6) is -0.698. The molecule has 0 aliphatic carbocycles. The molecular formula is C17H23N3O5S3. The Morgan fingerprint density at radius 2 is 1.93 bits per heavy atom. The van der Waals surface area contributed by atoms with Crippen molar-refractivity contribution >= 4 is 52.5 Å². The Kier molecular flexibility index (Phi) is 6.08. The topological polar surface area (TPSA) is 114 Å². The summed E-state index contributed by atoms with van der Waals surface area (Å²) in [7, 11) is -7.05. The van der Waals surface area contributed by atoms with Crippen LogP contribution in [0.25, 0.3) is 10.2 Å². The predicted molar refractivity (Wildman–Crippen MR) is 110 cm³/mol. The Balaban J connectivity index is 1.82. The molecule has 2 aromatic rings. The van der Waals surface area contributed by atoms with Crippen molar-refractivity contribution in [2.24, 2.45) is 0 Å². The Morgan fingerprint density at radius 1 is 1.25 bits per heavy atom. The number of nitrogens with one attached hydrogen (secondary N) is 1. The minimum atomic E-state index is -3.54. The summed E-state index contributed by atoms with van der Waals surface area (Å²) in [5.41, 5.74) is 0.546. The van der Waals surface area contributed by atoms with Gasteiger partial charge in [-0.15, -0.1) is 0 Å². The molecule has 1 aromatic heterocycles. The predicted octanol–water partition coefficient (Wildman–Crippen LogP) is 2.23. The van der Waals surface area contributed by atoms with E-state index in [1.165, 1.54) is 17.3 Å². The maximum Gasteiger partial charge on any atom is 0.244 e. The summed E-state index contributed by atoms with van der Waals surface area (Å²) < 4.78 is 51.6. The van der Waals surface area contributed by atoms with E-state index in [4.69, 9.17) is 0 Å². The van der Waals surface area contributed by atoms with Gasteiger partial charge in [-0.25, -0.2) is 21.8 Å². The minimum Gasteiger partial charge on any atom is -0.301 e. The highest BCUT2D eigenvalue weighted by Crippen LogP contribution is 2.30. The highest BCUT2D eigenvalue weighted by atomic mass is 32.2. The van der Waals surface area contributed by atoms with E-state index in [1.807, 2.05) is 0 Å². The van der Waals surface area contributed by atoms with E-state index in [-0.39, 0.29) is 15.8 Å². The van der Waals surface area contributed by atoms with Crippen LogP contribution in [0.4, 0.5) is 5.13 Å². The van der Waals surface area contributed by atoms with Crippen LogP contribution in [0.15, 0.2) is 23.1 Å². The van der Waals surface area contributed by atoms with E-state index in [0.29, 0.717) is 29.7 Å². The van der Waals surface area contributed by atoms with Crippen LogP contribution < -0.4 is 5.32 Å². The summed E-state index contributed by atoms with van der Waals surface area (Å²) in [4.78, 5) is 16.7. The average molecular weight is 446 g/mol. The molecule has 1 aromatic carbocycles. The van der Waals surface area contributed by atoms with Crippen LogP contribution in [-0.4, -0.2) is 56.1 Å². The van der Waals surface area contributed by atoms with Gasteiger partial charge in [-0.2, -0.15) is 4.31 Å². The number of aromatic nitrogens is 1. The number of benzene rings is 1. The fourth-order valence-corrected chi connectivity index (χ4v) is 6.86. The zero-order valence-corrected chi connectivity index (χ0v) is 18.2. The second-order valence-corrected chi connectivity index (χ2v) is 12.2. The standard InChI is InChI=1S/C17H23N3O5S3/c1-3-10-27(22,23)12(2)16(21)19-17-18-14-7-6-13(11-15(14)26-17)28(24,25)20-8-4-5-9-20/h6-7,11-12H,3-5,8-10H2,1-2H3,(H,18,19,21). The molecule has 1 amide bonds. The van der Waals surface area contributed by atoms with Gasteiger partial charge in [0, 0.05) is 13.1 Å². The monoisotopic (exact) mass is 445 g/mol. The van der Waals surface area contributed by atoms with Gasteiger partial charge < -0.3 is 5.32 Å². The number of hydrogen-bond acceptors (Lipinski definition) is 7. The highest BCUT2D eigenvalue weighted by molar-refractivity contribution is 7.92. The first-order valence-electron chi connectivity index (χ1n) is 9.08. The average Bonchev–Trinajstić information content (AvgIpc) is 3.29. The first-order valence-corrected chi connectivity index (χ1v) is 13.1. The number of thiazole rings is 1. The summed E-state index contributed by atoms with van der Waals surface area (Å²) in [5, 5.41) is 1.61. The summed E-state index contributed by atoms with van der Waals surface area (Å²) >= 11 is 1.12. The molecule has 154 valence electrons. The molecule has 0 saturated carbocycles. The quantitative estimate of drug-likeness (QED) is 0.699. The largest absolute Gasteiger partial charge is 0.301 e. The molecule has 0 spiro atoms. The fraction of sp³-hybridized carbons (Fsp3) is 0.529. The van der Waals surface area contributed by atoms with Gasteiger partial charge in [0.1, 0.15) is 5.25 Å². The van der Waals surface area contributed by atoms with Crippen LogP contribution >= 0.6 is 11.3 Å². The molecule has 2 heterocycles. The molecule has 1 N–H and O–H groups in total. The van der Waals surface area contributed by atoms with E-state index < -0.39 is 31.0 Å². The number of hydrogen-bond donors (Lipinski definition) is 1. The molecule has 0 radical (unpaired) electrons. The molecule has 0 bridgehead atoms. The molecule has 1 aliphatic heterocycles. The van der Waals surface area contributed by atoms with Crippen molar-refractivity contribution < 1.29 is 21.6 Å². The number of carbonyl (C=O) groups is 1. The Morgan fingerprint density at radius 3 is 2.57 bits per heavy atom. The van der Waals surface area contributed by atoms with E-state index in [0.717, 1.165) is 24.2 Å². The second kappa shape index (κ2) is 8.05. The van der Waals surface area contributed by atoms with Crippen LogP contribution in [0.3, 0.4) is 0 Å². The number of sulfone groups is 1. The lowest BCUT2D eigenvalue weighted by Crippen LogP contribution is -2.33. The van der Waals surface area contributed by atoms with Gasteiger partial charge in [-0.05, 0) is 44.4 Å². The van der Waals surface area contributed by atoms with Gasteiger partial charge in [0.25, 0.3) is 0 Å². The molecule has 3 rings (SSSR count). The van der Waals surface area contributed by atoms with Crippen LogP contribution in [0.1, 0.15) is 33.1 Å². The van der Waals surface area contributed by atoms with Crippen LogP contribution in [0, 0.1) is 0 Å². The van der Waals surface area contributed by atoms with E-state index in [9.17, 15) is 21.6 Å². The fourth-order valence-electron chi connectivity index (χ4n) is 3.03. The summed E-state index contributed by atoms with van der Waals surface area (Å²) in [6.45, 7) is 4.14. The van der Waals surface area contributed by atoms with Crippen molar-refractivity contribution in [3.63, 3.8) is 0 Å². The van der Waals surface area contributed by atoms with Gasteiger partial charge in [-0.3, -0.25) is 4.79 Å². The molecule has 28 heavy (non-hydrogen) atoms. The molecule has 1 aliphatic rings. The number of fused-ring (bicyclic) bond motifs is 1. The van der Waals surface area contributed by atoms with Crippen LogP contribution in [0.2, 0.25) is 0 Å². The number of rotatable bonds is 7. The molecule has 1 saturated heterocycles. The normalized spacial score (nSPS) is 17.1. The molecular weight excluding hydrogens is 422 g/mol. The van der Waals surface area contributed by atoms with E-state index in [2.05, 4.69) is 10.3 Å². The Hall–Kier alpha value is -1.56. The smallest absolute Gasteiger partial charge is 0.244 e. The molecule has 1 atom stereocenters. The lowest BCUT2D eigenvalue weighted by molar-refractivity contribution is -0.115. The Bertz CT molecular complexity index is 1090. The minimum absolute atomic E-state index is 0.0564. The summed E-state index contributed by atoms with van der Waals surface area (Å²) in [6.07, 6.45) is 2.16. The third kappa shape index (κ3) is 4.22. The number of sulfonamides is 1. The highest BCUT2D eigenvalue weighted by Gasteiger charge is 2.29. The van der Waals surface area contributed by atoms with Gasteiger partial charge in [0.2, 0.25) is 15.9 Å². The first-order chi connectivity index (χ1) is 13.1. The first kappa shape index (κ1) is 21.2.